The van der Waals surface area contributed by atoms with E-state index in [1.807, 2.05) is 24.3 Å². The maximum Gasteiger partial charge on any atom is 0.200 e. The van der Waals surface area contributed by atoms with Crippen LogP contribution in [0.25, 0.3) is 0 Å². The zero-order chi connectivity index (χ0) is 17.8. The Bertz CT molecular complexity index is 779. The van der Waals surface area contributed by atoms with Gasteiger partial charge in [0, 0.05) is 6.54 Å². The number of methoxy groups -OCH3 is 1. The summed E-state index contributed by atoms with van der Waals surface area (Å²) < 4.78 is 29.0. The van der Waals surface area contributed by atoms with Gasteiger partial charge in [-0.05, 0) is 57.0 Å². The lowest BCUT2D eigenvalue weighted by atomic mass is 10.1. The first-order chi connectivity index (χ1) is 11.2. The maximum atomic E-state index is 12.3. The summed E-state index contributed by atoms with van der Waals surface area (Å²) in [5, 5.41) is 3.35. The molecule has 0 radical (unpaired) electrons. The van der Waals surface area contributed by atoms with Gasteiger partial charge in [0.15, 0.2) is 14.9 Å². The van der Waals surface area contributed by atoms with E-state index in [2.05, 4.69) is 10.3 Å². The topological polar surface area (TPSA) is 68.3 Å². The first-order valence-corrected chi connectivity index (χ1v) is 9.30. The van der Waals surface area contributed by atoms with E-state index in [4.69, 9.17) is 4.74 Å². The van der Waals surface area contributed by atoms with Crippen molar-refractivity contribution in [3.63, 3.8) is 0 Å². The number of nitrogens with one attached hydrogen (secondary N) is 1. The van der Waals surface area contributed by atoms with Gasteiger partial charge in [-0.3, -0.25) is 0 Å². The molecule has 0 aliphatic heterocycles. The first kappa shape index (κ1) is 18.3. The van der Waals surface area contributed by atoms with Crippen molar-refractivity contribution >= 4 is 15.5 Å². The van der Waals surface area contributed by atoms with Crippen LogP contribution in [0.3, 0.4) is 0 Å². The molecule has 24 heavy (non-hydrogen) atoms. The Morgan fingerprint density at radius 3 is 2.50 bits per heavy atom. The number of aromatic nitrogens is 1. The number of anilines is 1. The molecule has 0 saturated heterocycles. The molecule has 0 unspecified atom stereocenters. The Labute approximate surface area is 144 Å². The van der Waals surface area contributed by atoms with Crippen LogP contribution in [0.4, 0.5) is 5.69 Å². The van der Waals surface area contributed by atoms with Gasteiger partial charge in [0.25, 0.3) is 0 Å². The molecule has 0 aliphatic carbocycles. The van der Waals surface area contributed by atoms with E-state index in [0.29, 0.717) is 0 Å². The molecule has 0 atom stereocenters. The number of hydrogen-bond acceptors (Lipinski definition) is 5. The number of rotatable bonds is 6. The van der Waals surface area contributed by atoms with Crippen molar-refractivity contribution in [2.24, 2.45) is 0 Å². The fourth-order valence-electron chi connectivity index (χ4n) is 2.14. The van der Waals surface area contributed by atoms with Gasteiger partial charge in [-0.15, -0.1) is 0 Å². The largest absolute Gasteiger partial charge is 0.497 e. The fraction of sp³-hybridized carbons (Fsp3) is 0.389. The Morgan fingerprint density at radius 2 is 1.92 bits per heavy atom. The highest BCUT2D eigenvalue weighted by Gasteiger charge is 2.31. The number of pyridine rings is 1. The quantitative estimate of drug-likeness (QED) is 0.867. The van der Waals surface area contributed by atoms with Crippen LogP contribution in [0.2, 0.25) is 0 Å². The van der Waals surface area contributed by atoms with Crippen LogP contribution in [-0.2, 0) is 16.3 Å². The van der Waals surface area contributed by atoms with Crippen LogP contribution in [0.5, 0.6) is 5.75 Å². The van der Waals surface area contributed by atoms with Crippen molar-refractivity contribution in [1.29, 1.82) is 0 Å². The van der Waals surface area contributed by atoms with Crippen LogP contribution in [0.15, 0.2) is 47.6 Å². The van der Waals surface area contributed by atoms with Gasteiger partial charge in [0.2, 0.25) is 0 Å². The van der Waals surface area contributed by atoms with Gasteiger partial charge in [-0.25, -0.2) is 13.4 Å². The van der Waals surface area contributed by atoms with E-state index in [0.717, 1.165) is 24.4 Å². The summed E-state index contributed by atoms with van der Waals surface area (Å²) in [6.45, 7) is 5.74. The molecule has 0 saturated carbocycles. The molecule has 130 valence electrons. The highest BCUT2D eigenvalue weighted by Crippen LogP contribution is 2.23. The molecule has 2 aromatic rings. The lowest BCUT2D eigenvalue weighted by Crippen LogP contribution is -2.28. The summed E-state index contributed by atoms with van der Waals surface area (Å²) in [5.41, 5.74) is 1.97. The normalized spacial score (nSPS) is 12.0. The highest BCUT2D eigenvalue weighted by atomic mass is 32.2. The van der Waals surface area contributed by atoms with Gasteiger partial charge < -0.3 is 10.1 Å². The predicted octanol–water partition coefficient (Wildman–Crippen LogP) is 3.32. The molecule has 2 rings (SSSR count). The standard InChI is InChI=1S/C18H24N2O3S/c1-18(2,3)24(21,22)17-9-8-15(13-20-17)19-11-10-14-6-5-7-16(12-14)23-4/h5-9,12-13,19H,10-11H2,1-4H3. The Morgan fingerprint density at radius 1 is 1.17 bits per heavy atom. The van der Waals surface area contributed by atoms with E-state index in [1.54, 1.807) is 46.2 Å². The minimum absolute atomic E-state index is 0.105. The predicted molar refractivity (Wildman–Crippen MR) is 96.4 cm³/mol. The molecule has 1 heterocycles. The highest BCUT2D eigenvalue weighted by molar-refractivity contribution is 7.92. The van der Waals surface area contributed by atoms with Crippen LogP contribution in [-0.4, -0.2) is 31.8 Å². The van der Waals surface area contributed by atoms with Gasteiger partial charge in [-0.2, -0.15) is 0 Å². The second-order valence-corrected chi connectivity index (χ2v) is 9.18. The smallest absolute Gasteiger partial charge is 0.200 e. The van der Waals surface area contributed by atoms with Gasteiger partial charge >= 0.3 is 0 Å². The SMILES string of the molecule is COc1cccc(CCNc2ccc(S(=O)(=O)C(C)(C)C)nc2)c1. The van der Waals surface area contributed by atoms with Crippen molar-refractivity contribution in [1.82, 2.24) is 4.98 Å². The zero-order valence-corrected chi connectivity index (χ0v) is 15.4. The monoisotopic (exact) mass is 348 g/mol. The molecule has 6 heteroatoms. The average Bonchev–Trinajstić information content (AvgIpc) is 2.54. The summed E-state index contributed by atoms with van der Waals surface area (Å²) in [5.74, 6) is 0.839. The minimum atomic E-state index is -3.42. The lowest BCUT2D eigenvalue weighted by Gasteiger charge is -2.18. The first-order valence-electron chi connectivity index (χ1n) is 7.81. The summed E-state index contributed by atoms with van der Waals surface area (Å²) in [6.07, 6.45) is 2.39. The van der Waals surface area contributed by atoms with E-state index >= 15 is 0 Å². The molecule has 0 bridgehead atoms. The van der Waals surface area contributed by atoms with Crippen molar-refractivity contribution in [2.45, 2.75) is 37.0 Å². The molecule has 0 spiro atoms. The lowest BCUT2D eigenvalue weighted by molar-refractivity contribution is 0.414. The molecule has 0 fully saturated rings. The van der Waals surface area contributed by atoms with Crippen molar-refractivity contribution in [3.05, 3.63) is 48.2 Å². The molecular formula is C18H24N2O3S. The summed E-state index contributed by atoms with van der Waals surface area (Å²) >= 11 is 0. The van der Waals surface area contributed by atoms with Gasteiger partial charge in [0.05, 0.1) is 23.7 Å². The number of sulfone groups is 1. The third-order valence-electron chi connectivity index (χ3n) is 3.69. The summed E-state index contributed by atoms with van der Waals surface area (Å²) in [7, 11) is -1.77. The summed E-state index contributed by atoms with van der Waals surface area (Å²) in [6, 6.07) is 11.2. The average molecular weight is 348 g/mol. The van der Waals surface area contributed by atoms with Crippen molar-refractivity contribution in [2.75, 3.05) is 19.0 Å². The number of hydrogen-bond donors (Lipinski definition) is 1. The Kier molecular flexibility index (Phi) is 5.49. The van der Waals surface area contributed by atoms with Crippen molar-refractivity contribution in [3.8, 4) is 5.75 Å². The van der Waals surface area contributed by atoms with E-state index in [-0.39, 0.29) is 5.03 Å². The third-order valence-corrected chi connectivity index (χ3v) is 6.10. The molecule has 5 nitrogen and oxygen atoms in total. The fourth-order valence-corrected chi connectivity index (χ4v) is 3.20. The van der Waals surface area contributed by atoms with E-state index in [9.17, 15) is 8.42 Å². The maximum absolute atomic E-state index is 12.3. The van der Waals surface area contributed by atoms with Gasteiger partial charge in [0.1, 0.15) is 5.75 Å². The second-order valence-electron chi connectivity index (χ2n) is 6.53. The van der Waals surface area contributed by atoms with E-state index < -0.39 is 14.6 Å². The molecule has 0 amide bonds. The van der Waals surface area contributed by atoms with Crippen LogP contribution in [0.1, 0.15) is 26.3 Å². The van der Waals surface area contributed by atoms with Crippen LogP contribution < -0.4 is 10.1 Å². The van der Waals surface area contributed by atoms with Crippen LogP contribution >= 0.6 is 0 Å². The number of nitrogens with zero attached hydrogens (tertiary/aromatic N) is 1. The third kappa shape index (κ3) is 4.26. The number of benzene rings is 1. The van der Waals surface area contributed by atoms with Crippen LogP contribution in [0, 0.1) is 0 Å². The Balaban J connectivity index is 1.97. The summed E-state index contributed by atoms with van der Waals surface area (Å²) in [4.78, 5) is 4.10. The molecule has 0 aliphatic rings. The molecule has 1 aromatic heterocycles. The van der Waals surface area contributed by atoms with Gasteiger partial charge in [-0.1, -0.05) is 12.1 Å². The molecule has 1 aromatic carbocycles. The molecular weight excluding hydrogens is 324 g/mol. The molecule has 1 N–H and O–H groups in total. The minimum Gasteiger partial charge on any atom is -0.497 e. The Hall–Kier alpha value is -2.08. The zero-order valence-electron chi connectivity index (χ0n) is 14.5. The number of ether oxygens (including phenoxy) is 1. The van der Waals surface area contributed by atoms with Crippen molar-refractivity contribution < 1.29 is 13.2 Å². The second kappa shape index (κ2) is 7.21. The van der Waals surface area contributed by atoms with E-state index in [1.165, 1.54) is 5.56 Å².